The molecule has 2 aromatic heterocycles. The highest BCUT2D eigenvalue weighted by Crippen LogP contribution is 2.28. The van der Waals surface area contributed by atoms with Crippen LogP contribution in [0.2, 0.25) is 0 Å². The zero-order chi connectivity index (χ0) is 37.7. The van der Waals surface area contributed by atoms with Crippen LogP contribution in [0.1, 0.15) is 66.3 Å². The first kappa shape index (κ1) is 38.0. The number of nitrogens with zero attached hydrogens (tertiary/aromatic N) is 4. The number of hydrogen-bond donors (Lipinski definition) is 3. The van der Waals surface area contributed by atoms with Gasteiger partial charge in [-0.1, -0.05) is 38.3 Å². The molecule has 276 valence electrons. The van der Waals surface area contributed by atoms with Crippen LogP contribution < -0.4 is 25.0 Å². The summed E-state index contributed by atoms with van der Waals surface area (Å²) in [4.78, 5) is 49.5. The van der Waals surface area contributed by atoms with Gasteiger partial charge in [0.25, 0.3) is 5.91 Å². The highest BCUT2D eigenvalue weighted by Gasteiger charge is 2.22. The molecule has 3 N–H and O–H groups in total. The zero-order valence-corrected chi connectivity index (χ0v) is 30.5. The Hall–Kier alpha value is -6.24. The number of aromatic nitrogens is 3. The molecule has 0 saturated carbocycles. The first-order valence-corrected chi connectivity index (χ1v) is 17.6. The number of methoxy groups -OCH3 is 1. The minimum Gasteiger partial charge on any atom is -0.493 e. The number of amides is 2. The van der Waals surface area contributed by atoms with Crippen molar-refractivity contribution in [2.24, 2.45) is 7.05 Å². The van der Waals surface area contributed by atoms with Crippen LogP contribution in [-0.2, 0) is 23.1 Å². The van der Waals surface area contributed by atoms with Gasteiger partial charge in [0.15, 0.2) is 11.5 Å². The number of esters is 1. The maximum atomic E-state index is 13.9. The van der Waals surface area contributed by atoms with Gasteiger partial charge < -0.3 is 24.1 Å². The monoisotopic (exact) mass is 719 g/mol. The summed E-state index contributed by atoms with van der Waals surface area (Å²) < 4.78 is 18.0. The quantitative estimate of drug-likeness (QED) is 0.0316. The van der Waals surface area contributed by atoms with Gasteiger partial charge in [0.05, 0.1) is 37.7 Å². The Kier molecular flexibility index (Phi) is 13.1. The number of benzene rings is 3. The number of amidine groups is 1. The fourth-order valence-corrected chi connectivity index (χ4v) is 5.61. The lowest BCUT2D eigenvalue weighted by atomic mass is 10.1. The van der Waals surface area contributed by atoms with E-state index in [9.17, 15) is 14.4 Å². The second-order valence-corrected chi connectivity index (χ2v) is 12.4. The van der Waals surface area contributed by atoms with E-state index in [0.29, 0.717) is 47.1 Å². The van der Waals surface area contributed by atoms with E-state index in [1.54, 1.807) is 60.8 Å². The Morgan fingerprint density at radius 2 is 1.72 bits per heavy atom. The molecule has 0 aliphatic rings. The van der Waals surface area contributed by atoms with Crippen LogP contribution in [0.3, 0.4) is 0 Å². The minimum absolute atomic E-state index is 0.0375. The van der Waals surface area contributed by atoms with Crippen LogP contribution in [0.15, 0.2) is 85.1 Å². The fraction of sp³-hybridized carbons (Fsp3) is 0.300. The molecule has 0 saturated heterocycles. The standard InChI is InChI=1S/C40H45N7O6/c1-5-6-7-10-23-52-40(50)45-38(41)28-13-16-30(17-14-28)43-26-36-44-31-25-29(15-18-32(31)46(36)3)39(49)47(35-11-8-9-21-42-35)22-20-37(48)53-33-19-12-27(2)24-34(33)51-4/h8-9,11-19,21,24-25,43H,5-7,10,20,22-23,26H2,1-4H3,(H2,41,45,50). The SMILES string of the molecule is CCCCCCOC(=O)NC(=N)c1ccc(NCc2nc3cc(C(=O)N(CCC(=O)Oc4ccc(C)cc4OC)c4ccccn4)ccc3n2C)cc1. The number of rotatable bonds is 16. The van der Waals surface area contributed by atoms with Gasteiger partial charge in [0.1, 0.15) is 17.5 Å². The summed E-state index contributed by atoms with van der Waals surface area (Å²) in [6, 6.07) is 23.0. The Balaban J connectivity index is 1.21. The summed E-state index contributed by atoms with van der Waals surface area (Å²) in [6.45, 7) is 4.79. The summed E-state index contributed by atoms with van der Waals surface area (Å²) in [7, 11) is 3.42. The Morgan fingerprint density at radius 1 is 0.925 bits per heavy atom. The Morgan fingerprint density at radius 3 is 2.45 bits per heavy atom. The van der Waals surface area contributed by atoms with Crippen molar-refractivity contribution >= 4 is 46.3 Å². The maximum Gasteiger partial charge on any atom is 0.412 e. The molecule has 0 bridgehead atoms. The molecule has 0 aliphatic carbocycles. The molecule has 0 spiro atoms. The van der Waals surface area contributed by atoms with Crippen LogP contribution in [-0.4, -0.2) is 58.6 Å². The number of carbonyl (C=O) groups is 3. The molecule has 3 aromatic carbocycles. The number of pyridine rings is 1. The summed E-state index contributed by atoms with van der Waals surface area (Å²) in [5.74, 6) is 1.000. The topological polar surface area (TPSA) is 161 Å². The van der Waals surface area contributed by atoms with Gasteiger partial charge in [-0.3, -0.25) is 25.2 Å². The summed E-state index contributed by atoms with van der Waals surface area (Å²) in [5.41, 5.74) is 4.17. The maximum absolute atomic E-state index is 13.9. The molecule has 0 unspecified atom stereocenters. The molecule has 0 fully saturated rings. The van der Waals surface area contributed by atoms with Gasteiger partial charge in [-0.25, -0.2) is 14.8 Å². The van der Waals surface area contributed by atoms with E-state index >= 15 is 0 Å². The van der Waals surface area contributed by atoms with Crippen molar-refractivity contribution in [1.29, 1.82) is 5.41 Å². The van der Waals surface area contributed by atoms with Gasteiger partial charge in [-0.05, 0) is 85.6 Å². The van der Waals surface area contributed by atoms with Crippen LogP contribution in [0.5, 0.6) is 11.5 Å². The van der Waals surface area contributed by atoms with E-state index in [4.69, 9.17) is 24.6 Å². The van der Waals surface area contributed by atoms with Crippen molar-refractivity contribution in [2.45, 2.75) is 52.5 Å². The lowest BCUT2D eigenvalue weighted by molar-refractivity contribution is -0.134. The summed E-state index contributed by atoms with van der Waals surface area (Å²) in [6.07, 6.45) is 4.89. The number of hydrogen-bond acceptors (Lipinski definition) is 10. The van der Waals surface area contributed by atoms with Crippen LogP contribution in [0, 0.1) is 12.3 Å². The number of alkyl carbamates (subject to hydrolysis) is 1. The normalized spacial score (nSPS) is 10.8. The van der Waals surface area contributed by atoms with E-state index < -0.39 is 12.1 Å². The first-order valence-electron chi connectivity index (χ1n) is 17.6. The molecule has 13 heteroatoms. The van der Waals surface area contributed by atoms with Crippen molar-refractivity contribution in [3.63, 3.8) is 0 Å². The van der Waals surface area contributed by atoms with Gasteiger partial charge in [-0.15, -0.1) is 0 Å². The zero-order valence-electron chi connectivity index (χ0n) is 30.5. The number of unbranched alkanes of at least 4 members (excludes halogenated alkanes) is 3. The molecular weight excluding hydrogens is 674 g/mol. The third-order valence-electron chi connectivity index (χ3n) is 8.56. The van der Waals surface area contributed by atoms with Crippen molar-refractivity contribution in [1.82, 2.24) is 19.9 Å². The van der Waals surface area contributed by atoms with E-state index in [-0.39, 0.29) is 24.7 Å². The second kappa shape index (κ2) is 18.3. The summed E-state index contributed by atoms with van der Waals surface area (Å²) in [5, 5.41) is 14.0. The van der Waals surface area contributed by atoms with E-state index in [2.05, 4.69) is 22.5 Å². The highest BCUT2D eigenvalue weighted by molar-refractivity contribution is 6.07. The number of anilines is 2. The lowest BCUT2D eigenvalue weighted by Crippen LogP contribution is -2.34. The smallest absolute Gasteiger partial charge is 0.412 e. The highest BCUT2D eigenvalue weighted by atomic mass is 16.6. The average Bonchev–Trinajstić information content (AvgIpc) is 3.49. The molecule has 53 heavy (non-hydrogen) atoms. The Bertz CT molecular complexity index is 2050. The largest absolute Gasteiger partial charge is 0.493 e. The number of nitrogens with one attached hydrogen (secondary N) is 3. The molecule has 0 aliphatic heterocycles. The number of imidazole rings is 1. The predicted molar refractivity (Wildman–Crippen MR) is 204 cm³/mol. The van der Waals surface area contributed by atoms with Crippen LogP contribution in [0.25, 0.3) is 11.0 Å². The van der Waals surface area contributed by atoms with Gasteiger partial charge in [0.2, 0.25) is 0 Å². The number of carbonyl (C=O) groups excluding carboxylic acids is 3. The third-order valence-corrected chi connectivity index (χ3v) is 8.56. The van der Waals surface area contributed by atoms with E-state index in [1.165, 1.54) is 12.0 Å². The van der Waals surface area contributed by atoms with Crippen LogP contribution >= 0.6 is 0 Å². The van der Waals surface area contributed by atoms with Crippen molar-refractivity contribution in [3.8, 4) is 11.5 Å². The fourth-order valence-electron chi connectivity index (χ4n) is 5.61. The molecule has 0 atom stereocenters. The van der Waals surface area contributed by atoms with Gasteiger partial charge in [0, 0.05) is 36.6 Å². The van der Waals surface area contributed by atoms with Gasteiger partial charge in [-0.2, -0.15) is 0 Å². The Labute approximate surface area is 308 Å². The molecule has 5 rings (SSSR count). The number of aryl methyl sites for hydroxylation is 2. The number of ether oxygens (including phenoxy) is 3. The van der Waals surface area contributed by atoms with Gasteiger partial charge >= 0.3 is 12.1 Å². The molecule has 2 heterocycles. The van der Waals surface area contributed by atoms with Crippen molar-refractivity contribution < 1.29 is 28.6 Å². The summed E-state index contributed by atoms with van der Waals surface area (Å²) >= 11 is 0. The predicted octanol–water partition coefficient (Wildman–Crippen LogP) is 7.17. The lowest BCUT2D eigenvalue weighted by Gasteiger charge is -2.21. The second-order valence-electron chi connectivity index (χ2n) is 12.4. The average molecular weight is 720 g/mol. The molecule has 2 amide bonds. The number of fused-ring (bicyclic) bond motifs is 1. The molecule has 0 radical (unpaired) electrons. The van der Waals surface area contributed by atoms with E-state index in [1.807, 2.05) is 42.8 Å². The minimum atomic E-state index is -0.634. The third kappa shape index (κ3) is 10.2. The van der Waals surface area contributed by atoms with Crippen molar-refractivity contribution in [2.75, 3.05) is 30.5 Å². The van der Waals surface area contributed by atoms with Crippen LogP contribution in [0.4, 0.5) is 16.3 Å². The van der Waals surface area contributed by atoms with E-state index in [0.717, 1.165) is 48.3 Å². The molecule has 5 aromatic rings. The van der Waals surface area contributed by atoms with Crippen molar-refractivity contribution in [3.05, 3.63) is 108 Å². The molecular formula is C40H45N7O6. The molecule has 13 nitrogen and oxygen atoms in total. The first-order chi connectivity index (χ1) is 25.7.